The Kier molecular flexibility index (Phi) is 3.15. The van der Waals surface area contributed by atoms with E-state index in [9.17, 15) is 4.39 Å². The van der Waals surface area contributed by atoms with Crippen LogP contribution in [0.4, 0.5) is 4.39 Å². The third-order valence-electron chi connectivity index (χ3n) is 2.29. The molecule has 0 bridgehead atoms. The lowest BCUT2D eigenvalue weighted by Gasteiger charge is -2.04. The van der Waals surface area contributed by atoms with Gasteiger partial charge < -0.3 is 0 Å². The molecule has 0 aliphatic carbocycles. The number of rotatable bonds is 2. The van der Waals surface area contributed by atoms with Crippen molar-refractivity contribution in [2.45, 2.75) is 12.8 Å². The second kappa shape index (κ2) is 4.58. The van der Waals surface area contributed by atoms with E-state index in [2.05, 4.69) is 9.97 Å². The zero-order chi connectivity index (χ0) is 11.5. The summed E-state index contributed by atoms with van der Waals surface area (Å²) in [6.45, 7) is 1.83. The summed E-state index contributed by atoms with van der Waals surface area (Å²) in [7, 11) is 0. The minimum atomic E-state index is -0.251. The molecule has 1 heterocycles. The summed E-state index contributed by atoms with van der Waals surface area (Å²) in [4.78, 5) is 8.38. The molecule has 0 aliphatic heterocycles. The monoisotopic (exact) mass is 236 g/mol. The van der Waals surface area contributed by atoms with Gasteiger partial charge >= 0.3 is 0 Å². The van der Waals surface area contributed by atoms with E-state index in [1.165, 1.54) is 12.1 Å². The van der Waals surface area contributed by atoms with Crippen LogP contribution in [0.3, 0.4) is 0 Å². The maximum absolute atomic E-state index is 12.9. The number of aryl methyl sites for hydroxylation is 1. The third-order valence-corrected chi connectivity index (χ3v) is 2.60. The molecule has 0 atom stereocenters. The minimum Gasteiger partial charge on any atom is -0.236 e. The van der Waals surface area contributed by atoms with Crippen LogP contribution in [0, 0.1) is 12.7 Å². The van der Waals surface area contributed by atoms with Crippen molar-refractivity contribution in [3.05, 3.63) is 47.5 Å². The van der Waals surface area contributed by atoms with E-state index in [4.69, 9.17) is 11.6 Å². The Morgan fingerprint density at radius 2 is 1.94 bits per heavy atom. The van der Waals surface area contributed by atoms with Crippen molar-refractivity contribution in [3.8, 4) is 11.4 Å². The van der Waals surface area contributed by atoms with Crippen LogP contribution in [-0.2, 0) is 5.88 Å². The Balaban J connectivity index is 2.42. The van der Waals surface area contributed by atoms with Crippen LogP contribution in [0.15, 0.2) is 30.6 Å². The molecular weight excluding hydrogens is 227 g/mol. The van der Waals surface area contributed by atoms with Gasteiger partial charge in [-0.3, -0.25) is 0 Å². The summed E-state index contributed by atoms with van der Waals surface area (Å²) < 4.78 is 12.9. The van der Waals surface area contributed by atoms with Gasteiger partial charge in [-0.05, 0) is 30.7 Å². The van der Waals surface area contributed by atoms with Crippen LogP contribution in [-0.4, -0.2) is 9.97 Å². The Morgan fingerprint density at radius 3 is 2.50 bits per heavy atom. The van der Waals surface area contributed by atoms with Crippen molar-refractivity contribution in [2.75, 3.05) is 0 Å². The van der Waals surface area contributed by atoms with Gasteiger partial charge in [-0.15, -0.1) is 11.6 Å². The number of nitrogens with zero attached hydrogens (tertiary/aromatic N) is 2. The fourth-order valence-corrected chi connectivity index (χ4v) is 1.58. The van der Waals surface area contributed by atoms with E-state index < -0.39 is 0 Å². The van der Waals surface area contributed by atoms with E-state index in [0.29, 0.717) is 11.7 Å². The topological polar surface area (TPSA) is 25.8 Å². The fraction of sp³-hybridized carbons (Fsp3) is 0.167. The number of benzene rings is 1. The average molecular weight is 237 g/mol. The molecule has 0 saturated carbocycles. The molecular formula is C12H10ClFN2. The number of alkyl halides is 1. The summed E-state index contributed by atoms with van der Waals surface area (Å²) >= 11 is 5.65. The molecule has 16 heavy (non-hydrogen) atoms. The normalized spacial score (nSPS) is 10.4. The highest BCUT2D eigenvalue weighted by molar-refractivity contribution is 6.17. The maximum atomic E-state index is 12.9. The first-order valence-corrected chi connectivity index (χ1v) is 5.37. The lowest BCUT2D eigenvalue weighted by molar-refractivity contribution is 0.627. The highest BCUT2D eigenvalue weighted by Gasteiger charge is 2.05. The Morgan fingerprint density at radius 1 is 1.25 bits per heavy atom. The predicted octanol–water partition coefficient (Wildman–Crippen LogP) is 3.33. The smallest absolute Gasteiger partial charge is 0.159 e. The minimum absolute atomic E-state index is 0.251. The first-order valence-electron chi connectivity index (χ1n) is 4.84. The Hall–Kier alpha value is -1.48. The second-order valence-electron chi connectivity index (χ2n) is 3.51. The van der Waals surface area contributed by atoms with Crippen LogP contribution in [0.2, 0.25) is 0 Å². The molecule has 0 saturated heterocycles. The van der Waals surface area contributed by atoms with Gasteiger partial charge in [0, 0.05) is 23.5 Å². The zero-order valence-corrected chi connectivity index (χ0v) is 9.50. The summed E-state index contributed by atoms with van der Waals surface area (Å²) in [5.41, 5.74) is 2.52. The zero-order valence-electron chi connectivity index (χ0n) is 8.74. The van der Waals surface area contributed by atoms with Crippen LogP contribution < -0.4 is 0 Å². The molecule has 0 aliphatic rings. The molecule has 0 spiro atoms. The molecule has 0 unspecified atom stereocenters. The molecule has 0 radical (unpaired) electrons. The molecule has 1 aromatic carbocycles. The Bertz CT molecular complexity index is 497. The first kappa shape index (κ1) is 11.0. The van der Waals surface area contributed by atoms with Gasteiger partial charge in [0.1, 0.15) is 5.82 Å². The SMILES string of the molecule is Cc1cc(F)ccc1-c1ncc(CCl)cn1. The summed E-state index contributed by atoms with van der Waals surface area (Å²) in [5.74, 6) is 0.730. The largest absolute Gasteiger partial charge is 0.236 e. The number of hydrogen-bond donors (Lipinski definition) is 0. The van der Waals surface area contributed by atoms with Gasteiger partial charge in [0.05, 0.1) is 5.88 Å². The first-order chi connectivity index (χ1) is 7.70. The summed E-state index contributed by atoms with van der Waals surface area (Å²) in [6, 6.07) is 4.55. The van der Waals surface area contributed by atoms with Crippen LogP contribution in [0.5, 0.6) is 0 Å². The average Bonchev–Trinajstić information content (AvgIpc) is 2.29. The highest BCUT2D eigenvalue weighted by atomic mass is 35.5. The van der Waals surface area contributed by atoms with Gasteiger partial charge in [-0.2, -0.15) is 0 Å². The van der Waals surface area contributed by atoms with E-state index in [-0.39, 0.29) is 5.82 Å². The third kappa shape index (κ3) is 2.19. The van der Waals surface area contributed by atoms with E-state index >= 15 is 0 Å². The molecule has 82 valence electrons. The van der Waals surface area contributed by atoms with Gasteiger partial charge in [-0.1, -0.05) is 0 Å². The number of hydrogen-bond acceptors (Lipinski definition) is 2. The lowest BCUT2D eigenvalue weighted by atomic mass is 10.1. The summed E-state index contributed by atoms with van der Waals surface area (Å²) in [5, 5.41) is 0. The van der Waals surface area contributed by atoms with Crippen LogP contribution in [0.1, 0.15) is 11.1 Å². The van der Waals surface area contributed by atoms with Gasteiger partial charge in [0.25, 0.3) is 0 Å². The van der Waals surface area contributed by atoms with Crippen molar-refractivity contribution in [1.82, 2.24) is 9.97 Å². The van der Waals surface area contributed by atoms with Crippen LogP contribution in [0.25, 0.3) is 11.4 Å². The highest BCUT2D eigenvalue weighted by Crippen LogP contribution is 2.20. The lowest BCUT2D eigenvalue weighted by Crippen LogP contribution is -1.93. The van der Waals surface area contributed by atoms with Gasteiger partial charge in [0.15, 0.2) is 5.82 Å². The second-order valence-corrected chi connectivity index (χ2v) is 3.78. The molecule has 2 rings (SSSR count). The van der Waals surface area contributed by atoms with Gasteiger partial charge in [0.2, 0.25) is 0 Å². The molecule has 2 nitrogen and oxygen atoms in total. The maximum Gasteiger partial charge on any atom is 0.159 e. The molecule has 4 heteroatoms. The molecule has 2 aromatic rings. The van der Waals surface area contributed by atoms with Crippen molar-refractivity contribution < 1.29 is 4.39 Å². The quantitative estimate of drug-likeness (QED) is 0.748. The summed E-state index contributed by atoms with van der Waals surface area (Å²) in [6.07, 6.45) is 3.36. The van der Waals surface area contributed by atoms with Crippen LogP contribution >= 0.6 is 11.6 Å². The van der Waals surface area contributed by atoms with E-state index in [0.717, 1.165) is 16.7 Å². The van der Waals surface area contributed by atoms with Crippen molar-refractivity contribution in [1.29, 1.82) is 0 Å². The van der Waals surface area contributed by atoms with Crippen molar-refractivity contribution in [2.24, 2.45) is 0 Å². The van der Waals surface area contributed by atoms with E-state index in [1.54, 1.807) is 18.5 Å². The number of halogens is 2. The molecule has 0 N–H and O–H groups in total. The fourth-order valence-electron chi connectivity index (χ4n) is 1.44. The standard InChI is InChI=1S/C12H10ClFN2/c1-8-4-10(14)2-3-11(8)12-15-6-9(5-13)7-16-12/h2-4,6-7H,5H2,1H3. The van der Waals surface area contributed by atoms with E-state index in [1.807, 2.05) is 6.92 Å². The number of aromatic nitrogens is 2. The Labute approximate surface area is 98.1 Å². The van der Waals surface area contributed by atoms with Crippen molar-refractivity contribution in [3.63, 3.8) is 0 Å². The molecule has 0 fully saturated rings. The van der Waals surface area contributed by atoms with Crippen molar-refractivity contribution >= 4 is 11.6 Å². The predicted molar refractivity (Wildman–Crippen MR) is 61.7 cm³/mol. The molecule has 0 amide bonds. The molecule has 1 aromatic heterocycles. The van der Waals surface area contributed by atoms with Gasteiger partial charge in [-0.25, -0.2) is 14.4 Å².